The van der Waals surface area contributed by atoms with E-state index < -0.39 is 0 Å². The molecule has 0 unspecified atom stereocenters. The number of benzene rings is 2. The van der Waals surface area contributed by atoms with Gasteiger partial charge in [0.05, 0.1) is 10.4 Å². The average molecular weight is 349 g/mol. The van der Waals surface area contributed by atoms with Crippen LogP contribution in [0.15, 0.2) is 48.0 Å². The van der Waals surface area contributed by atoms with E-state index in [-0.39, 0.29) is 0 Å². The minimum absolute atomic E-state index is 0.510. The van der Waals surface area contributed by atoms with Crippen LogP contribution in [0.1, 0.15) is 61.1 Å². The number of hydrogen-bond acceptors (Lipinski definition) is 1. The third-order valence-electron chi connectivity index (χ3n) is 5.28. The summed E-state index contributed by atoms with van der Waals surface area (Å²) in [7, 11) is 0. The SMILES string of the molecule is CC(C)c1cccc(C(C)C)c1-[n+]1csc2c1-c1ccccc1CC2. The number of rotatable bonds is 3. The molecule has 25 heavy (non-hydrogen) atoms. The monoisotopic (exact) mass is 348 g/mol. The van der Waals surface area contributed by atoms with E-state index in [1.54, 1.807) is 0 Å². The van der Waals surface area contributed by atoms with Crippen LogP contribution in [-0.2, 0) is 12.8 Å². The molecule has 0 amide bonds. The Morgan fingerprint density at radius 1 is 0.840 bits per heavy atom. The fourth-order valence-corrected chi connectivity index (χ4v) is 4.97. The lowest BCUT2D eigenvalue weighted by Crippen LogP contribution is -2.35. The molecule has 2 heteroatoms. The van der Waals surface area contributed by atoms with Crippen molar-refractivity contribution in [2.24, 2.45) is 0 Å². The highest BCUT2D eigenvalue weighted by Gasteiger charge is 2.32. The second-order valence-corrected chi connectivity index (χ2v) is 8.56. The molecule has 0 spiro atoms. The van der Waals surface area contributed by atoms with Gasteiger partial charge in [0.15, 0.2) is 0 Å². The number of hydrogen-bond donors (Lipinski definition) is 0. The first kappa shape index (κ1) is 16.5. The van der Waals surface area contributed by atoms with E-state index in [0.717, 1.165) is 12.8 Å². The number of aryl methyl sites for hydroxylation is 2. The predicted molar refractivity (Wildman–Crippen MR) is 107 cm³/mol. The Morgan fingerprint density at radius 2 is 1.52 bits per heavy atom. The van der Waals surface area contributed by atoms with Gasteiger partial charge in [-0.25, -0.2) is 0 Å². The van der Waals surface area contributed by atoms with Crippen LogP contribution in [0.3, 0.4) is 0 Å². The molecule has 0 fully saturated rings. The lowest BCUT2D eigenvalue weighted by Gasteiger charge is -2.17. The topological polar surface area (TPSA) is 3.88 Å². The molecule has 0 atom stereocenters. The zero-order chi connectivity index (χ0) is 17.6. The predicted octanol–water partition coefficient (Wildman–Crippen LogP) is 6.04. The highest BCUT2D eigenvalue weighted by molar-refractivity contribution is 7.09. The molecule has 1 aromatic heterocycles. The zero-order valence-corrected chi connectivity index (χ0v) is 16.4. The summed E-state index contributed by atoms with van der Waals surface area (Å²) in [6.07, 6.45) is 2.32. The second kappa shape index (κ2) is 6.42. The maximum absolute atomic E-state index is 2.49. The fraction of sp³-hybridized carbons (Fsp3) is 0.348. The van der Waals surface area contributed by atoms with Crippen LogP contribution >= 0.6 is 11.3 Å². The summed E-state index contributed by atoms with van der Waals surface area (Å²) in [6.45, 7) is 9.21. The summed E-state index contributed by atoms with van der Waals surface area (Å²) in [5, 5.41) is 0. The van der Waals surface area contributed by atoms with E-state index in [2.05, 4.69) is 80.2 Å². The molecule has 0 N–H and O–H groups in total. The van der Waals surface area contributed by atoms with Crippen molar-refractivity contribution >= 4 is 11.3 Å². The molecular formula is C23H26NS+. The molecule has 1 nitrogen and oxygen atoms in total. The number of aromatic nitrogens is 1. The molecule has 3 aromatic rings. The molecule has 4 rings (SSSR count). The third-order valence-corrected chi connectivity index (χ3v) is 6.28. The van der Waals surface area contributed by atoms with Crippen LogP contribution in [0.5, 0.6) is 0 Å². The Kier molecular flexibility index (Phi) is 4.24. The molecule has 2 aromatic carbocycles. The lowest BCUT2D eigenvalue weighted by molar-refractivity contribution is -0.580. The second-order valence-electron chi connectivity index (χ2n) is 7.62. The first-order chi connectivity index (χ1) is 12.1. The number of nitrogens with zero attached hydrogens (tertiary/aromatic N) is 1. The summed E-state index contributed by atoms with van der Waals surface area (Å²) in [5.41, 5.74) is 10.9. The number of thiazole rings is 1. The molecule has 1 aliphatic carbocycles. The highest BCUT2D eigenvalue weighted by Crippen LogP contribution is 2.36. The van der Waals surface area contributed by atoms with E-state index in [0.29, 0.717) is 11.8 Å². The summed E-state index contributed by atoms with van der Waals surface area (Å²) in [4.78, 5) is 1.52. The van der Waals surface area contributed by atoms with Gasteiger partial charge in [0.1, 0.15) is 0 Å². The van der Waals surface area contributed by atoms with Crippen molar-refractivity contribution in [1.29, 1.82) is 0 Å². The summed E-state index contributed by atoms with van der Waals surface area (Å²) >= 11 is 1.91. The van der Waals surface area contributed by atoms with Gasteiger partial charge in [0, 0.05) is 11.1 Å². The number of para-hydroxylation sites is 1. The lowest BCUT2D eigenvalue weighted by atomic mass is 9.90. The van der Waals surface area contributed by atoms with Gasteiger partial charge in [-0.15, -0.1) is 4.57 Å². The molecule has 1 heterocycles. The summed E-state index contributed by atoms with van der Waals surface area (Å²) in [6, 6.07) is 15.8. The van der Waals surface area contributed by atoms with Crippen LogP contribution in [0.25, 0.3) is 16.9 Å². The van der Waals surface area contributed by atoms with Gasteiger partial charge in [0.2, 0.25) is 16.9 Å². The van der Waals surface area contributed by atoms with Crippen LogP contribution in [-0.4, -0.2) is 0 Å². The standard InChI is InChI=1S/C23H26NS/c1-15(2)18-10-7-11-19(16(3)4)22(18)24-14-25-21-13-12-17-8-5-6-9-20(17)23(21)24/h5-11,14-16H,12-13H2,1-4H3/q+1. The maximum atomic E-state index is 2.49. The normalized spacial score (nSPS) is 13.2. The fourth-order valence-electron chi connectivity index (χ4n) is 3.99. The molecule has 0 saturated carbocycles. The Morgan fingerprint density at radius 3 is 2.20 bits per heavy atom. The highest BCUT2D eigenvalue weighted by atomic mass is 32.1. The molecule has 0 saturated heterocycles. The first-order valence-electron chi connectivity index (χ1n) is 9.31. The Bertz CT molecular complexity index is 891. The van der Waals surface area contributed by atoms with Crippen LogP contribution in [0, 0.1) is 0 Å². The molecule has 0 aliphatic heterocycles. The zero-order valence-electron chi connectivity index (χ0n) is 15.5. The first-order valence-corrected chi connectivity index (χ1v) is 10.2. The van der Waals surface area contributed by atoms with Gasteiger partial charge in [-0.05, 0) is 36.3 Å². The maximum Gasteiger partial charge on any atom is 0.232 e. The van der Waals surface area contributed by atoms with Gasteiger partial charge >= 0.3 is 0 Å². The summed E-state index contributed by atoms with van der Waals surface area (Å²) in [5.74, 6) is 1.02. The minimum atomic E-state index is 0.510. The van der Waals surface area contributed by atoms with Crippen molar-refractivity contribution in [2.45, 2.75) is 52.4 Å². The minimum Gasteiger partial charge on any atom is -0.149 e. The van der Waals surface area contributed by atoms with Gasteiger partial charge in [-0.3, -0.25) is 0 Å². The largest absolute Gasteiger partial charge is 0.232 e. The Hall–Kier alpha value is -1.93. The Balaban J connectivity index is 2.02. The molecule has 1 aliphatic rings. The summed E-state index contributed by atoms with van der Waals surface area (Å²) < 4.78 is 2.49. The van der Waals surface area contributed by atoms with Crippen molar-refractivity contribution in [3.63, 3.8) is 0 Å². The van der Waals surface area contributed by atoms with E-state index in [4.69, 9.17) is 0 Å². The van der Waals surface area contributed by atoms with Crippen LogP contribution < -0.4 is 4.57 Å². The van der Waals surface area contributed by atoms with Crippen molar-refractivity contribution in [3.8, 4) is 16.9 Å². The van der Waals surface area contributed by atoms with Crippen LogP contribution in [0.4, 0.5) is 0 Å². The van der Waals surface area contributed by atoms with Crippen molar-refractivity contribution in [3.05, 3.63) is 69.5 Å². The van der Waals surface area contributed by atoms with Crippen molar-refractivity contribution < 1.29 is 4.57 Å². The molecule has 0 radical (unpaired) electrons. The van der Waals surface area contributed by atoms with E-state index in [9.17, 15) is 0 Å². The van der Waals surface area contributed by atoms with E-state index in [1.807, 2.05) is 11.3 Å². The third kappa shape index (κ3) is 2.73. The Labute approximate surface area is 155 Å². The van der Waals surface area contributed by atoms with E-state index >= 15 is 0 Å². The number of fused-ring (bicyclic) bond motifs is 3. The van der Waals surface area contributed by atoms with Gasteiger partial charge in [-0.1, -0.05) is 75.4 Å². The van der Waals surface area contributed by atoms with E-state index in [1.165, 1.54) is 38.5 Å². The van der Waals surface area contributed by atoms with Gasteiger partial charge in [0.25, 0.3) is 0 Å². The van der Waals surface area contributed by atoms with Gasteiger partial charge in [-0.2, -0.15) is 0 Å². The smallest absolute Gasteiger partial charge is 0.149 e. The van der Waals surface area contributed by atoms with Crippen molar-refractivity contribution in [2.75, 3.05) is 0 Å². The van der Waals surface area contributed by atoms with Crippen LogP contribution in [0.2, 0.25) is 0 Å². The molecular weight excluding hydrogens is 322 g/mol. The molecule has 0 bridgehead atoms. The molecule has 128 valence electrons. The van der Waals surface area contributed by atoms with Crippen molar-refractivity contribution in [1.82, 2.24) is 0 Å². The van der Waals surface area contributed by atoms with Gasteiger partial charge < -0.3 is 0 Å². The average Bonchev–Trinajstić information content (AvgIpc) is 3.05. The quantitative estimate of drug-likeness (QED) is 0.508.